The summed E-state index contributed by atoms with van der Waals surface area (Å²) in [6.45, 7) is 2.84. The van der Waals surface area contributed by atoms with Gasteiger partial charge in [0.1, 0.15) is 5.69 Å². The standard InChI is InChI=1S/C16H26N8O/c1-2-3-8-23-16(19-15(21-23)9-14(18)25)13-10-24(22-20-13)12-6-4-11(17)5-7-12/h10-12H,2-9,17H2,1H3,(H2,18,25). The predicted octanol–water partition coefficient (Wildman–Crippen LogP) is 0.807. The Labute approximate surface area is 146 Å². The number of rotatable bonds is 7. The summed E-state index contributed by atoms with van der Waals surface area (Å²) in [5.74, 6) is 0.627. The van der Waals surface area contributed by atoms with Gasteiger partial charge in [-0.15, -0.1) is 5.10 Å². The zero-order valence-corrected chi connectivity index (χ0v) is 14.6. The van der Waals surface area contributed by atoms with E-state index in [9.17, 15) is 4.79 Å². The highest BCUT2D eigenvalue weighted by Gasteiger charge is 2.23. The second-order valence-electron chi connectivity index (χ2n) is 6.72. The molecule has 1 fully saturated rings. The highest BCUT2D eigenvalue weighted by molar-refractivity contribution is 5.75. The average Bonchev–Trinajstić information content (AvgIpc) is 3.20. The van der Waals surface area contributed by atoms with Crippen LogP contribution in [0.4, 0.5) is 0 Å². The lowest BCUT2D eigenvalue weighted by Crippen LogP contribution is -2.28. The monoisotopic (exact) mass is 346 g/mol. The van der Waals surface area contributed by atoms with Crippen molar-refractivity contribution in [2.24, 2.45) is 11.5 Å². The molecular formula is C16H26N8O. The fraction of sp³-hybridized carbons (Fsp3) is 0.688. The molecule has 25 heavy (non-hydrogen) atoms. The second kappa shape index (κ2) is 7.73. The van der Waals surface area contributed by atoms with Gasteiger partial charge in [0, 0.05) is 12.6 Å². The molecule has 1 saturated carbocycles. The molecule has 0 radical (unpaired) electrons. The van der Waals surface area contributed by atoms with Crippen LogP contribution >= 0.6 is 0 Å². The maximum absolute atomic E-state index is 11.2. The fourth-order valence-corrected chi connectivity index (χ4v) is 3.20. The number of aromatic nitrogens is 6. The average molecular weight is 346 g/mol. The van der Waals surface area contributed by atoms with Gasteiger partial charge in [0.25, 0.3) is 0 Å². The van der Waals surface area contributed by atoms with Gasteiger partial charge in [-0.25, -0.2) is 14.3 Å². The molecule has 1 amide bonds. The minimum atomic E-state index is -0.443. The van der Waals surface area contributed by atoms with Gasteiger partial charge < -0.3 is 11.5 Å². The molecule has 2 aromatic rings. The first-order valence-corrected chi connectivity index (χ1v) is 8.96. The van der Waals surface area contributed by atoms with Gasteiger partial charge in [0.15, 0.2) is 11.6 Å². The van der Waals surface area contributed by atoms with Crippen molar-refractivity contribution in [3.05, 3.63) is 12.0 Å². The molecule has 0 aliphatic heterocycles. The minimum Gasteiger partial charge on any atom is -0.369 e. The number of carbonyl (C=O) groups is 1. The van der Waals surface area contributed by atoms with Gasteiger partial charge >= 0.3 is 0 Å². The van der Waals surface area contributed by atoms with Crippen molar-refractivity contribution in [2.45, 2.75) is 70.5 Å². The predicted molar refractivity (Wildman–Crippen MR) is 92.3 cm³/mol. The minimum absolute atomic E-state index is 0.0285. The third kappa shape index (κ3) is 4.22. The summed E-state index contributed by atoms with van der Waals surface area (Å²) in [5.41, 5.74) is 11.9. The van der Waals surface area contributed by atoms with E-state index >= 15 is 0 Å². The third-order valence-electron chi connectivity index (χ3n) is 4.63. The van der Waals surface area contributed by atoms with Crippen LogP contribution in [0.2, 0.25) is 0 Å². The Bertz CT molecular complexity index is 714. The highest BCUT2D eigenvalue weighted by Crippen LogP contribution is 2.28. The lowest BCUT2D eigenvalue weighted by Gasteiger charge is -2.25. The molecule has 0 bridgehead atoms. The summed E-state index contributed by atoms with van der Waals surface area (Å²) >= 11 is 0. The number of aryl methyl sites for hydroxylation is 1. The molecular weight excluding hydrogens is 320 g/mol. The van der Waals surface area contributed by atoms with Crippen LogP contribution < -0.4 is 11.5 Å². The zero-order chi connectivity index (χ0) is 17.8. The summed E-state index contributed by atoms with van der Waals surface area (Å²) < 4.78 is 3.71. The van der Waals surface area contributed by atoms with Crippen LogP contribution in [-0.2, 0) is 17.8 Å². The first kappa shape index (κ1) is 17.5. The van der Waals surface area contributed by atoms with Crippen molar-refractivity contribution < 1.29 is 4.79 Å². The van der Waals surface area contributed by atoms with E-state index in [0.29, 0.717) is 29.4 Å². The number of carbonyl (C=O) groups excluding carboxylic acids is 1. The summed E-state index contributed by atoms with van der Waals surface area (Å²) in [6, 6.07) is 0.630. The molecule has 0 unspecified atom stereocenters. The molecule has 9 heteroatoms. The summed E-state index contributed by atoms with van der Waals surface area (Å²) in [4.78, 5) is 15.6. The smallest absolute Gasteiger partial charge is 0.225 e. The van der Waals surface area contributed by atoms with Crippen LogP contribution in [-0.4, -0.2) is 41.7 Å². The molecule has 0 spiro atoms. The second-order valence-corrected chi connectivity index (χ2v) is 6.72. The van der Waals surface area contributed by atoms with E-state index in [1.807, 2.05) is 10.9 Å². The number of amides is 1. The number of unbranched alkanes of at least 4 members (excludes halogenated alkanes) is 1. The first-order chi connectivity index (χ1) is 12.1. The van der Waals surface area contributed by atoms with E-state index in [-0.39, 0.29) is 6.42 Å². The van der Waals surface area contributed by atoms with Crippen molar-refractivity contribution in [3.8, 4) is 11.5 Å². The number of primary amides is 1. The summed E-state index contributed by atoms with van der Waals surface area (Å²) in [7, 11) is 0. The van der Waals surface area contributed by atoms with Gasteiger partial charge in [0.2, 0.25) is 5.91 Å². The Hall–Kier alpha value is -2.29. The molecule has 0 saturated heterocycles. The Morgan fingerprint density at radius 2 is 2.08 bits per heavy atom. The van der Waals surface area contributed by atoms with Gasteiger partial charge in [-0.05, 0) is 32.1 Å². The van der Waals surface area contributed by atoms with E-state index in [2.05, 4.69) is 27.3 Å². The van der Waals surface area contributed by atoms with Gasteiger partial charge in [-0.1, -0.05) is 18.6 Å². The quantitative estimate of drug-likeness (QED) is 0.762. The molecule has 1 aliphatic rings. The lowest BCUT2D eigenvalue weighted by molar-refractivity contribution is -0.117. The summed E-state index contributed by atoms with van der Waals surface area (Å²) in [6.07, 6.45) is 8.01. The normalized spacial score (nSPS) is 20.7. The molecule has 3 rings (SSSR count). The van der Waals surface area contributed by atoms with Gasteiger partial charge in [0.05, 0.1) is 18.7 Å². The van der Waals surface area contributed by atoms with Crippen LogP contribution in [0.15, 0.2) is 6.20 Å². The molecule has 9 nitrogen and oxygen atoms in total. The van der Waals surface area contributed by atoms with Crippen molar-refractivity contribution in [1.29, 1.82) is 0 Å². The van der Waals surface area contributed by atoms with Crippen molar-refractivity contribution in [2.75, 3.05) is 0 Å². The van der Waals surface area contributed by atoms with Crippen LogP contribution in [0.5, 0.6) is 0 Å². The number of hydrogen-bond acceptors (Lipinski definition) is 6. The van der Waals surface area contributed by atoms with Crippen LogP contribution in [0, 0.1) is 0 Å². The SMILES string of the molecule is CCCCn1nc(CC(N)=O)nc1-c1cn(C2CCC(N)CC2)nn1. The Kier molecular flexibility index (Phi) is 5.42. The van der Waals surface area contributed by atoms with Crippen molar-refractivity contribution in [1.82, 2.24) is 29.8 Å². The van der Waals surface area contributed by atoms with E-state index in [1.54, 1.807) is 4.68 Å². The molecule has 136 valence electrons. The number of hydrogen-bond donors (Lipinski definition) is 2. The van der Waals surface area contributed by atoms with Crippen LogP contribution in [0.25, 0.3) is 11.5 Å². The van der Waals surface area contributed by atoms with E-state index in [4.69, 9.17) is 11.5 Å². The molecule has 2 heterocycles. The van der Waals surface area contributed by atoms with Gasteiger partial charge in [-0.2, -0.15) is 5.10 Å². The molecule has 1 aliphatic carbocycles. The molecule has 0 atom stereocenters. The number of nitrogens with two attached hydrogens (primary N) is 2. The van der Waals surface area contributed by atoms with E-state index in [0.717, 1.165) is 45.1 Å². The van der Waals surface area contributed by atoms with Crippen LogP contribution in [0.3, 0.4) is 0 Å². The zero-order valence-electron chi connectivity index (χ0n) is 14.6. The Balaban J connectivity index is 1.82. The maximum atomic E-state index is 11.2. The fourth-order valence-electron chi connectivity index (χ4n) is 3.20. The Morgan fingerprint density at radius 3 is 2.76 bits per heavy atom. The first-order valence-electron chi connectivity index (χ1n) is 8.96. The maximum Gasteiger partial charge on any atom is 0.225 e. The van der Waals surface area contributed by atoms with Crippen molar-refractivity contribution in [3.63, 3.8) is 0 Å². The molecule has 0 aromatic carbocycles. The Morgan fingerprint density at radius 1 is 1.32 bits per heavy atom. The van der Waals surface area contributed by atoms with Crippen molar-refractivity contribution >= 4 is 5.91 Å². The lowest BCUT2D eigenvalue weighted by atomic mass is 9.92. The van der Waals surface area contributed by atoms with E-state index < -0.39 is 5.91 Å². The topological polar surface area (TPSA) is 131 Å². The highest BCUT2D eigenvalue weighted by atomic mass is 16.1. The third-order valence-corrected chi connectivity index (χ3v) is 4.63. The molecule has 4 N–H and O–H groups in total. The number of nitrogens with zero attached hydrogens (tertiary/aromatic N) is 6. The molecule has 2 aromatic heterocycles. The largest absolute Gasteiger partial charge is 0.369 e. The van der Waals surface area contributed by atoms with E-state index in [1.165, 1.54) is 0 Å². The summed E-state index contributed by atoms with van der Waals surface area (Å²) in [5, 5.41) is 13.0. The van der Waals surface area contributed by atoms with Gasteiger partial charge in [-0.3, -0.25) is 4.79 Å². The van der Waals surface area contributed by atoms with Crippen LogP contribution in [0.1, 0.15) is 57.3 Å².